The molecule has 0 bridgehead atoms. The van der Waals surface area contributed by atoms with Crippen LogP contribution in [0, 0.1) is 0 Å². The minimum absolute atomic E-state index is 0.0418. The number of ketones is 1. The number of phosphoric ester groups is 1. The maximum absolute atomic E-state index is 12.5. The van der Waals surface area contributed by atoms with E-state index in [-0.39, 0.29) is 38.4 Å². The van der Waals surface area contributed by atoms with Crippen molar-refractivity contribution in [2.45, 2.75) is 174 Å². The van der Waals surface area contributed by atoms with E-state index in [0.29, 0.717) is 19.3 Å². The number of hydrogen-bond donors (Lipinski definition) is 2. The molecule has 0 aliphatic carbocycles. The van der Waals surface area contributed by atoms with Crippen LogP contribution in [-0.2, 0) is 37.5 Å². The highest BCUT2D eigenvalue weighted by molar-refractivity contribution is 7.47. The van der Waals surface area contributed by atoms with Gasteiger partial charge in [-0.15, -0.1) is 0 Å². The maximum atomic E-state index is 12.5. The lowest BCUT2D eigenvalue weighted by molar-refractivity contribution is -0.161. The number of allylic oxidation sites excluding steroid dienone is 4. The van der Waals surface area contributed by atoms with Crippen molar-refractivity contribution in [3.8, 4) is 0 Å². The Labute approximate surface area is 297 Å². The Hall–Kier alpha value is -1.84. The smallest absolute Gasteiger partial charge is 0.462 e. The summed E-state index contributed by atoms with van der Waals surface area (Å²) in [6, 6.07) is 0. The van der Waals surface area contributed by atoms with E-state index in [2.05, 4.69) is 19.9 Å². The number of carbonyl (C=O) groups is 3. The van der Waals surface area contributed by atoms with E-state index < -0.39 is 32.5 Å². The third-order valence-corrected chi connectivity index (χ3v) is 9.05. The van der Waals surface area contributed by atoms with Crippen LogP contribution in [0.4, 0.5) is 0 Å². The Kier molecular flexibility index (Phi) is 33.3. The molecule has 286 valence electrons. The third-order valence-electron chi connectivity index (χ3n) is 8.07. The molecule has 0 aromatic carbocycles. The first-order chi connectivity index (χ1) is 23.7. The molecular weight excluding hydrogens is 645 g/mol. The fourth-order valence-corrected chi connectivity index (χ4v) is 5.91. The van der Waals surface area contributed by atoms with Gasteiger partial charge in [-0.1, -0.05) is 135 Å². The van der Waals surface area contributed by atoms with Gasteiger partial charge in [-0.25, -0.2) is 4.57 Å². The fourth-order valence-electron chi connectivity index (χ4n) is 5.14. The van der Waals surface area contributed by atoms with Gasteiger partial charge in [-0.2, -0.15) is 0 Å². The van der Waals surface area contributed by atoms with Gasteiger partial charge in [0.15, 0.2) is 11.9 Å². The molecule has 2 atom stereocenters. The number of unbranched alkanes of at least 4 members (excludes halogenated alkanes) is 18. The number of carbonyl (C=O) groups excluding carboxylic acids is 3. The van der Waals surface area contributed by atoms with Gasteiger partial charge in [0, 0.05) is 25.8 Å². The van der Waals surface area contributed by atoms with Crippen molar-refractivity contribution in [3.05, 3.63) is 24.3 Å². The summed E-state index contributed by atoms with van der Waals surface area (Å²) in [4.78, 5) is 46.4. The van der Waals surface area contributed by atoms with Crippen LogP contribution in [0.25, 0.3) is 0 Å². The van der Waals surface area contributed by atoms with Crippen molar-refractivity contribution in [1.29, 1.82) is 0 Å². The number of hydrogen-bond acceptors (Lipinski definition) is 9. The summed E-state index contributed by atoms with van der Waals surface area (Å²) in [5.74, 6) is -0.711. The van der Waals surface area contributed by atoms with Gasteiger partial charge < -0.3 is 20.1 Å². The summed E-state index contributed by atoms with van der Waals surface area (Å²) in [6.07, 6.45) is 30.4. The lowest BCUT2D eigenvalue weighted by Gasteiger charge is -2.19. The molecule has 0 saturated heterocycles. The van der Waals surface area contributed by atoms with Crippen molar-refractivity contribution < 1.29 is 42.4 Å². The minimum Gasteiger partial charge on any atom is -0.462 e. The molecule has 10 nitrogen and oxygen atoms in total. The quantitative estimate of drug-likeness (QED) is 0.0211. The van der Waals surface area contributed by atoms with Crippen LogP contribution < -0.4 is 5.73 Å². The van der Waals surface area contributed by atoms with Crippen molar-refractivity contribution in [2.24, 2.45) is 5.73 Å². The Morgan fingerprint density at radius 1 is 0.653 bits per heavy atom. The van der Waals surface area contributed by atoms with Gasteiger partial charge in [0.05, 0.1) is 13.2 Å². The molecule has 0 rings (SSSR count). The van der Waals surface area contributed by atoms with Gasteiger partial charge in [-0.3, -0.25) is 23.4 Å². The molecule has 0 spiro atoms. The van der Waals surface area contributed by atoms with E-state index in [1.165, 1.54) is 51.4 Å². The van der Waals surface area contributed by atoms with Crippen LogP contribution in [-0.4, -0.2) is 55.1 Å². The zero-order valence-corrected chi connectivity index (χ0v) is 31.8. The van der Waals surface area contributed by atoms with Crippen LogP contribution in [0.3, 0.4) is 0 Å². The van der Waals surface area contributed by atoms with E-state index in [1.807, 2.05) is 12.2 Å². The van der Waals surface area contributed by atoms with E-state index in [4.69, 9.17) is 24.3 Å². The van der Waals surface area contributed by atoms with Gasteiger partial charge >= 0.3 is 19.8 Å². The highest BCUT2D eigenvalue weighted by Crippen LogP contribution is 2.43. The van der Waals surface area contributed by atoms with Crippen molar-refractivity contribution in [2.75, 3.05) is 26.4 Å². The molecule has 0 amide bonds. The Morgan fingerprint density at radius 2 is 1.16 bits per heavy atom. The van der Waals surface area contributed by atoms with E-state index in [1.54, 1.807) is 6.08 Å². The summed E-state index contributed by atoms with van der Waals surface area (Å²) in [5.41, 5.74) is 5.32. The predicted molar refractivity (Wildman–Crippen MR) is 197 cm³/mol. The highest BCUT2D eigenvalue weighted by atomic mass is 31.2. The summed E-state index contributed by atoms with van der Waals surface area (Å²) in [5, 5.41) is 0. The summed E-state index contributed by atoms with van der Waals surface area (Å²) < 4.78 is 32.6. The number of nitrogens with two attached hydrogens (primary N) is 1. The molecule has 0 fully saturated rings. The number of rotatable bonds is 36. The monoisotopic (exact) mass is 715 g/mol. The molecule has 0 aliphatic heterocycles. The summed E-state index contributed by atoms with van der Waals surface area (Å²) in [7, 11) is -4.38. The third kappa shape index (κ3) is 34.4. The van der Waals surface area contributed by atoms with Crippen LogP contribution in [0.15, 0.2) is 24.3 Å². The molecule has 3 N–H and O–H groups in total. The van der Waals surface area contributed by atoms with Crippen LogP contribution in [0.1, 0.15) is 168 Å². The summed E-state index contributed by atoms with van der Waals surface area (Å²) in [6.45, 7) is 3.51. The van der Waals surface area contributed by atoms with Crippen molar-refractivity contribution in [3.63, 3.8) is 0 Å². The van der Waals surface area contributed by atoms with Gasteiger partial charge in [-0.05, 0) is 38.2 Å². The second kappa shape index (κ2) is 34.6. The molecule has 11 heteroatoms. The minimum atomic E-state index is -4.38. The number of ether oxygens (including phenoxy) is 2. The SMILES string of the molecule is CCCCCCCCCCCCCCC(=O)O[C@H](COC(=O)CCCCCCC/C=C\C=C\C(=O)CCCCC)COP(=O)(O)OCCN. The van der Waals surface area contributed by atoms with Gasteiger partial charge in [0.2, 0.25) is 0 Å². The molecule has 0 aromatic rings. The average molecular weight is 716 g/mol. The predicted octanol–water partition coefficient (Wildman–Crippen LogP) is 9.62. The molecular formula is C38H70NO9P. The lowest BCUT2D eigenvalue weighted by atomic mass is 10.0. The van der Waals surface area contributed by atoms with Crippen molar-refractivity contribution in [1.82, 2.24) is 0 Å². The van der Waals surface area contributed by atoms with Crippen molar-refractivity contribution >= 4 is 25.5 Å². The Morgan fingerprint density at radius 3 is 1.76 bits per heavy atom. The Balaban J connectivity index is 4.27. The van der Waals surface area contributed by atoms with E-state index in [0.717, 1.165) is 70.6 Å². The first-order valence-electron chi connectivity index (χ1n) is 19.3. The zero-order chi connectivity index (χ0) is 36.3. The molecule has 0 aliphatic rings. The standard InChI is InChI=1S/C38H70NO9P/c1-3-5-7-8-9-10-11-12-15-19-22-26-30-38(42)48-36(34-47-49(43,44)46-32-31-39)33-45-37(41)29-25-21-18-16-13-14-17-20-24-28-35(40)27-23-6-4-2/h17,20,24,28,36H,3-16,18-19,21-23,25-27,29-34,39H2,1-2H3,(H,43,44)/b20-17-,28-24+/t36-/m1/s1. The highest BCUT2D eigenvalue weighted by Gasteiger charge is 2.26. The maximum Gasteiger partial charge on any atom is 0.472 e. The fraction of sp³-hybridized carbons (Fsp3) is 0.816. The molecule has 0 radical (unpaired) electrons. The topological polar surface area (TPSA) is 151 Å². The lowest BCUT2D eigenvalue weighted by Crippen LogP contribution is -2.29. The molecule has 1 unspecified atom stereocenters. The average Bonchev–Trinajstić information content (AvgIpc) is 3.08. The first kappa shape index (κ1) is 47.2. The first-order valence-corrected chi connectivity index (χ1v) is 20.8. The number of phosphoric acid groups is 1. The van der Waals surface area contributed by atoms with Crippen LogP contribution in [0.2, 0.25) is 0 Å². The number of esters is 2. The van der Waals surface area contributed by atoms with Crippen LogP contribution in [0.5, 0.6) is 0 Å². The molecule has 0 heterocycles. The van der Waals surface area contributed by atoms with Crippen LogP contribution >= 0.6 is 7.82 Å². The van der Waals surface area contributed by atoms with E-state index in [9.17, 15) is 23.8 Å². The zero-order valence-electron chi connectivity index (χ0n) is 30.9. The normalized spacial score (nSPS) is 13.6. The van der Waals surface area contributed by atoms with Gasteiger partial charge in [0.25, 0.3) is 0 Å². The molecule has 0 aromatic heterocycles. The molecule has 0 saturated carbocycles. The second-order valence-corrected chi connectivity index (χ2v) is 14.3. The Bertz CT molecular complexity index is 925. The summed E-state index contributed by atoms with van der Waals surface area (Å²) >= 11 is 0. The van der Waals surface area contributed by atoms with Gasteiger partial charge in [0.1, 0.15) is 6.61 Å². The molecule has 49 heavy (non-hydrogen) atoms. The van der Waals surface area contributed by atoms with E-state index >= 15 is 0 Å². The largest absolute Gasteiger partial charge is 0.472 e. The second-order valence-electron chi connectivity index (χ2n) is 12.8.